The fourth-order valence-electron chi connectivity index (χ4n) is 3.10. The minimum atomic E-state index is 0.786. The van der Waals surface area contributed by atoms with Crippen LogP contribution in [0.25, 0.3) is 21.6 Å². The average molecular weight is 363 g/mol. The summed E-state index contributed by atoms with van der Waals surface area (Å²) in [6, 6.07) is 16.8. The Morgan fingerprint density at radius 3 is 2.65 bits per heavy atom. The minimum Gasteiger partial charge on any atom is -0.327 e. The third-order valence-electron chi connectivity index (χ3n) is 4.51. The molecular weight excluding hydrogens is 340 g/mol. The van der Waals surface area contributed by atoms with Crippen LogP contribution in [0, 0.1) is 13.8 Å². The summed E-state index contributed by atoms with van der Waals surface area (Å²) in [4.78, 5) is 9.37. The number of imidazole rings is 1. The van der Waals surface area contributed by atoms with E-state index >= 15 is 0 Å². The maximum absolute atomic E-state index is 4.75. The van der Waals surface area contributed by atoms with Gasteiger partial charge in [-0.15, -0.1) is 11.3 Å². The summed E-state index contributed by atoms with van der Waals surface area (Å²) < 4.78 is 2.26. The molecule has 26 heavy (non-hydrogen) atoms. The van der Waals surface area contributed by atoms with Crippen LogP contribution in [-0.4, -0.2) is 21.1 Å². The van der Waals surface area contributed by atoms with E-state index in [0.717, 1.165) is 41.7 Å². The van der Waals surface area contributed by atoms with E-state index < -0.39 is 0 Å². The van der Waals surface area contributed by atoms with Crippen LogP contribution in [0.4, 0.5) is 0 Å². The van der Waals surface area contributed by atoms with Crippen LogP contribution in [0.3, 0.4) is 0 Å². The van der Waals surface area contributed by atoms with Crippen molar-refractivity contribution in [3.63, 3.8) is 0 Å². The van der Waals surface area contributed by atoms with Crippen LogP contribution in [0.2, 0.25) is 0 Å². The zero-order valence-electron chi connectivity index (χ0n) is 15.1. The van der Waals surface area contributed by atoms with Gasteiger partial charge < -0.3 is 9.88 Å². The van der Waals surface area contributed by atoms with Gasteiger partial charge in [0.05, 0.1) is 16.7 Å². The maximum Gasteiger partial charge on any atom is 0.123 e. The van der Waals surface area contributed by atoms with Crippen LogP contribution in [0.15, 0.2) is 53.9 Å². The number of benzene rings is 2. The summed E-state index contributed by atoms with van der Waals surface area (Å²) in [5.74, 6) is 1.06. The van der Waals surface area contributed by atoms with Gasteiger partial charge in [0, 0.05) is 30.6 Å². The molecule has 132 valence electrons. The van der Waals surface area contributed by atoms with Gasteiger partial charge >= 0.3 is 0 Å². The van der Waals surface area contributed by atoms with Gasteiger partial charge in [0.15, 0.2) is 0 Å². The molecule has 5 heteroatoms. The van der Waals surface area contributed by atoms with E-state index in [-0.39, 0.29) is 0 Å². The summed E-state index contributed by atoms with van der Waals surface area (Å²) in [6.07, 6.45) is 0. The number of para-hydroxylation sites is 2. The highest BCUT2D eigenvalue weighted by molar-refractivity contribution is 7.13. The lowest BCUT2D eigenvalue weighted by Crippen LogP contribution is -2.20. The van der Waals surface area contributed by atoms with Gasteiger partial charge in [-0.3, -0.25) is 0 Å². The number of aryl methyl sites for hydroxylation is 2. The number of nitrogens with zero attached hydrogens (tertiary/aromatic N) is 3. The van der Waals surface area contributed by atoms with Gasteiger partial charge in [-0.1, -0.05) is 42.0 Å². The normalized spacial score (nSPS) is 11.3. The molecule has 0 fully saturated rings. The summed E-state index contributed by atoms with van der Waals surface area (Å²) in [5.41, 5.74) is 5.81. The van der Waals surface area contributed by atoms with Gasteiger partial charge in [0.25, 0.3) is 0 Å². The molecule has 0 saturated heterocycles. The van der Waals surface area contributed by atoms with Crippen molar-refractivity contribution in [3.8, 4) is 10.6 Å². The molecule has 0 aliphatic rings. The molecule has 0 aliphatic heterocycles. The molecule has 0 aliphatic carbocycles. The molecule has 0 radical (unpaired) electrons. The van der Waals surface area contributed by atoms with Crippen molar-refractivity contribution in [2.75, 3.05) is 6.54 Å². The van der Waals surface area contributed by atoms with E-state index in [1.54, 1.807) is 11.3 Å². The van der Waals surface area contributed by atoms with E-state index in [1.807, 2.05) is 6.07 Å². The summed E-state index contributed by atoms with van der Waals surface area (Å²) in [6.45, 7) is 6.74. The van der Waals surface area contributed by atoms with Crippen LogP contribution < -0.4 is 5.32 Å². The highest BCUT2D eigenvalue weighted by atomic mass is 32.1. The molecule has 1 N–H and O–H groups in total. The fraction of sp³-hybridized carbons (Fsp3) is 0.238. The third kappa shape index (κ3) is 3.54. The van der Waals surface area contributed by atoms with E-state index in [9.17, 15) is 0 Å². The fourth-order valence-corrected chi connectivity index (χ4v) is 3.93. The second kappa shape index (κ2) is 7.40. The van der Waals surface area contributed by atoms with Crippen LogP contribution in [0.5, 0.6) is 0 Å². The number of thiazole rings is 1. The zero-order valence-corrected chi connectivity index (χ0v) is 15.9. The first kappa shape index (κ1) is 16.9. The number of hydrogen-bond donors (Lipinski definition) is 1. The van der Waals surface area contributed by atoms with E-state index in [1.165, 1.54) is 16.6 Å². The van der Waals surface area contributed by atoms with E-state index in [4.69, 9.17) is 4.98 Å². The molecule has 0 atom stereocenters. The first-order valence-corrected chi connectivity index (χ1v) is 9.73. The highest BCUT2D eigenvalue weighted by Crippen LogP contribution is 2.24. The van der Waals surface area contributed by atoms with Gasteiger partial charge in [-0.2, -0.15) is 0 Å². The van der Waals surface area contributed by atoms with E-state index in [2.05, 4.69) is 76.6 Å². The molecule has 0 unspecified atom stereocenters. The molecule has 0 bridgehead atoms. The molecule has 4 nitrogen and oxygen atoms in total. The Morgan fingerprint density at radius 1 is 1.00 bits per heavy atom. The molecule has 0 amide bonds. The first-order chi connectivity index (χ1) is 12.7. The SMILES string of the molecule is Cc1ccc(-c2nc(CNCCn3c(C)nc4ccccc43)cs2)cc1. The molecule has 2 heterocycles. The lowest BCUT2D eigenvalue weighted by Gasteiger charge is -2.07. The van der Waals surface area contributed by atoms with Crippen LogP contribution in [-0.2, 0) is 13.1 Å². The number of nitrogens with one attached hydrogen (secondary N) is 1. The Labute approximate surface area is 157 Å². The Balaban J connectivity index is 1.35. The standard InChI is InChI=1S/C21H22N4S/c1-15-7-9-17(10-8-15)21-24-18(14-26-21)13-22-11-12-25-16(2)23-19-5-3-4-6-20(19)25/h3-10,14,22H,11-13H2,1-2H3. The number of rotatable bonds is 6. The molecular formula is C21H22N4S. The number of aromatic nitrogens is 3. The van der Waals surface area contributed by atoms with Gasteiger partial charge in [-0.25, -0.2) is 9.97 Å². The predicted octanol–water partition coefficient (Wildman–Crippen LogP) is 4.57. The Hall–Kier alpha value is -2.50. The van der Waals surface area contributed by atoms with Gasteiger partial charge in [0.2, 0.25) is 0 Å². The predicted molar refractivity (Wildman–Crippen MR) is 108 cm³/mol. The van der Waals surface area contributed by atoms with Crippen molar-refractivity contribution in [2.24, 2.45) is 0 Å². The Bertz CT molecular complexity index is 1010. The van der Waals surface area contributed by atoms with Crippen LogP contribution >= 0.6 is 11.3 Å². The zero-order chi connectivity index (χ0) is 17.9. The van der Waals surface area contributed by atoms with Crippen molar-refractivity contribution in [2.45, 2.75) is 26.9 Å². The van der Waals surface area contributed by atoms with Crippen molar-refractivity contribution in [1.82, 2.24) is 19.9 Å². The molecule has 2 aromatic heterocycles. The summed E-state index contributed by atoms with van der Waals surface area (Å²) in [5, 5.41) is 6.72. The Kier molecular flexibility index (Phi) is 4.82. The van der Waals surface area contributed by atoms with Crippen molar-refractivity contribution in [1.29, 1.82) is 0 Å². The minimum absolute atomic E-state index is 0.786. The van der Waals surface area contributed by atoms with Gasteiger partial charge in [0.1, 0.15) is 10.8 Å². The summed E-state index contributed by atoms with van der Waals surface area (Å²) >= 11 is 1.70. The molecule has 0 spiro atoms. The molecule has 4 rings (SSSR count). The van der Waals surface area contributed by atoms with Crippen molar-refractivity contribution in [3.05, 3.63) is 71.0 Å². The topological polar surface area (TPSA) is 42.7 Å². The highest BCUT2D eigenvalue weighted by Gasteiger charge is 2.07. The third-order valence-corrected chi connectivity index (χ3v) is 5.45. The quantitative estimate of drug-likeness (QED) is 0.511. The molecule has 0 saturated carbocycles. The first-order valence-electron chi connectivity index (χ1n) is 8.85. The van der Waals surface area contributed by atoms with Crippen LogP contribution in [0.1, 0.15) is 17.1 Å². The maximum atomic E-state index is 4.75. The summed E-state index contributed by atoms with van der Waals surface area (Å²) in [7, 11) is 0. The second-order valence-corrected chi connectivity index (χ2v) is 7.34. The van der Waals surface area contributed by atoms with E-state index in [0.29, 0.717) is 0 Å². The molecule has 2 aromatic carbocycles. The lowest BCUT2D eigenvalue weighted by molar-refractivity contribution is 0.593. The lowest BCUT2D eigenvalue weighted by atomic mass is 10.2. The largest absolute Gasteiger partial charge is 0.327 e. The Morgan fingerprint density at radius 2 is 1.81 bits per heavy atom. The van der Waals surface area contributed by atoms with Crippen molar-refractivity contribution >= 4 is 22.4 Å². The van der Waals surface area contributed by atoms with Gasteiger partial charge in [-0.05, 0) is 26.0 Å². The molecule has 4 aromatic rings. The average Bonchev–Trinajstić information content (AvgIpc) is 3.24. The second-order valence-electron chi connectivity index (χ2n) is 6.49. The smallest absolute Gasteiger partial charge is 0.123 e. The number of hydrogen-bond acceptors (Lipinski definition) is 4. The monoisotopic (exact) mass is 362 g/mol. The van der Waals surface area contributed by atoms with Crippen molar-refractivity contribution < 1.29 is 0 Å². The number of fused-ring (bicyclic) bond motifs is 1.